The summed E-state index contributed by atoms with van der Waals surface area (Å²) in [7, 11) is 0. The largest absolute Gasteiger partial charge is 0.357 e. The van der Waals surface area contributed by atoms with Gasteiger partial charge < -0.3 is 4.90 Å². The first-order valence-corrected chi connectivity index (χ1v) is 7.91. The average molecular weight is 336 g/mol. The standard InChI is InChI=1S/C20H17FN2O2/c21-18-12-7-13-19(20(18)23(24)25)22(14-16-8-3-1-4-9-16)15-17-10-5-2-6-11-17/h1-13H,14-15H2. The molecule has 0 spiro atoms. The van der Waals surface area contributed by atoms with E-state index in [1.807, 2.05) is 65.6 Å². The Morgan fingerprint density at radius 3 is 1.80 bits per heavy atom. The van der Waals surface area contributed by atoms with Gasteiger partial charge >= 0.3 is 5.69 Å². The second-order valence-corrected chi connectivity index (χ2v) is 5.69. The van der Waals surface area contributed by atoms with Crippen molar-refractivity contribution in [2.45, 2.75) is 13.1 Å². The molecule has 0 bridgehead atoms. The zero-order valence-corrected chi connectivity index (χ0v) is 13.5. The predicted octanol–water partition coefficient (Wildman–Crippen LogP) is 4.94. The minimum absolute atomic E-state index is 0.276. The second kappa shape index (κ2) is 7.57. The molecule has 0 aliphatic carbocycles. The van der Waals surface area contributed by atoms with Crippen LogP contribution in [0.3, 0.4) is 0 Å². The summed E-state index contributed by atoms with van der Waals surface area (Å²) >= 11 is 0. The van der Waals surface area contributed by atoms with Gasteiger partial charge in [0.2, 0.25) is 5.82 Å². The van der Waals surface area contributed by atoms with E-state index >= 15 is 0 Å². The predicted molar refractivity (Wildman–Crippen MR) is 95.8 cm³/mol. The molecule has 0 radical (unpaired) electrons. The van der Waals surface area contributed by atoms with E-state index in [9.17, 15) is 14.5 Å². The lowest BCUT2D eigenvalue weighted by Gasteiger charge is -2.25. The van der Waals surface area contributed by atoms with Crippen molar-refractivity contribution in [2.24, 2.45) is 0 Å². The Morgan fingerprint density at radius 2 is 1.32 bits per heavy atom. The van der Waals surface area contributed by atoms with Crippen LogP contribution in [0.1, 0.15) is 11.1 Å². The van der Waals surface area contributed by atoms with Gasteiger partial charge in [-0.3, -0.25) is 10.1 Å². The molecule has 5 heteroatoms. The molecule has 0 atom stereocenters. The Kier molecular flexibility index (Phi) is 5.04. The first kappa shape index (κ1) is 16.6. The smallest absolute Gasteiger partial charge is 0.327 e. The molecule has 126 valence electrons. The third-order valence-electron chi connectivity index (χ3n) is 3.92. The second-order valence-electron chi connectivity index (χ2n) is 5.69. The SMILES string of the molecule is O=[N+]([O-])c1c(F)cccc1N(Cc1ccccc1)Cc1ccccc1. The van der Waals surface area contributed by atoms with Gasteiger partial charge in [-0.2, -0.15) is 4.39 Å². The van der Waals surface area contributed by atoms with Gasteiger partial charge in [-0.1, -0.05) is 66.7 Å². The lowest BCUT2D eigenvalue weighted by molar-refractivity contribution is -0.386. The van der Waals surface area contributed by atoms with Gasteiger partial charge in [-0.25, -0.2) is 0 Å². The summed E-state index contributed by atoms with van der Waals surface area (Å²) in [5.41, 5.74) is 1.78. The van der Waals surface area contributed by atoms with E-state index in [2.05, 4.69) is 0 Å². The zero-order chi connectivity index (χ0) is 17.6. The van der Waals surface area contributed by atoms with Crippen molar-refractivity contribution in [3.8, 4) is 0 Å². The van der Waals surface area contributed by atoms with Crippen LogP contribution in [0, 0.1) is 15.9 Å². The van der Waals surface area contributed by atoms with Crippen molar-refractivity contribution in [1.29, 1.82) is 0 Å². The number of nitro groups is 1. The van der Waals surface area contributed by atoms with E-state index in [0.717, 1.165) is 17.2 Å². The fourth-order valence-corrected chi connectivity index (χ4v) is 2.77. The lowest BCUT2D eigenvalue weighted by atomic mass is 10.1. The van der Waals surface area contributed by atoms with Crippen molar-refractivity contribution >= 4 is 11.4 Å². The first-order chi connectivity index (χ1) is 12.1. The number of rotatable bonds is 6. The highest BCUT2D eigenvalue weighted by Gasteiger charge is 2.24. The van der Waals surface area contributed by atoms with Gasteiger partial charge in [-0.15, -0.1) is 0 Å². The third kappa shape index (κ3) is 4.01. The van der Waals surface area contributed by atoms with Crippen LogP contribution in [-0.4, -0.2) is 4.92 Å². The zero-order valence-electron chi connectivity index (χ0n) is 13.5. The molecule has 4 nitrogen and oxygen atoms in total. The summed E-state index contributed by atoms with van der Waals surface area (Å²) in [5.74, 6) is -0.825. The molecule has 0 aromatic heterocycles. The summed E-state index contributed by atoms with van der Waals surface area (Å²) in [6, 6.07) is 23.5. The minimum atomic E-state index is -0.825. The van der Waals surface area contributed by atoms with Gasteiger partial charge in [0.05, 0.1) is 4.92 Å². The minimum Gasteiger partial charge on any atom is -0.357 e. The van der Waals surface area contributed by atoms with Crippen LogP contribution in [0.15, 0.2) is 78.9 Å². The number of anilines is 1. The quantitative estimate of drug-likeness (QED) is 0.473. The summed E-state index contributed by atoms with van der Waals surface area (Å²) in [6.07, 6.45) is 0. The summed E-state index contributed by atoms with van der Waals surface area (Å²) in [5, 5.41) is 11.4. The van der Waals surface area contributed by atoms with Gasteiger partial charge in [-0.05, 0) is 23.3 Å². The number of halogens is 1. The number of nitro benzene ring substituents is 1. The maximum absolute atomic E-state index is 14.1. The van der Waals surface area contributed by atoms with Gasteiger partial charge in [0.1, 0.15) is 5.69 Å². The molecule has 0 N–H and O–H groups in total. The number of nitrogens with zero attached hydrogens (tertiary/aromatic N) is 2. The van der Waals surface area contributed by atoms with Gasteiger partial charge in [0.15, 0.2) is 0 Å². The molecule has 3 rings (SSSR count). The van der Waals surface area contributed by atoms with Crippen molar-refractivity contribution in [1.82, 2.24) is 0 Å². The molecular formula is C20H17FN2O2. The maximum Gasteiger partial charge on any atom is 0.327 e. The van der Waals surface area contributed by atoms with E-state index in [-0.39, 0.29) is 5.69 Å². The third-order valence-corrected chi connectivity index (χ3v) is 3.92. The van der Waals surface area contributed by atoms with Crippen LogP contribution in [0.4, 0.5) is 15.8 Å². The molecule has 0 heterocycles. The Bertz CT molecular complexity index is 813. The monoisotopic (exact) mass is 336 g/mol. The normalized spacial score (nSPS) is 10.4. The van der Waals surface area contributed by atoms with Gasteiger partial charge in [0, 0.05) is 13.1 Å². The Labute approximate surface area is 145 Å². The van der Waals surface area contributed by atoms with E-state index < -0.39 is 16.4 Å². The van der Waals surface area contributed by atoms with Crippen LogP contribution < -0.4 is 4.90 Å². The van der Waals surface area contributed by atoms with Crippen molar-refractivity contribution < 1.29 is 9.31 Å². The van der Waals surface area contributed by atoms with Crippen LogP contribution in [0.25, 0.3) is 0 Å². The Balaban J connectivity index is 2.02. The highest BCUT2D eigenvalue weighted by molar-refractivity contribution is 5.64. The number of hydrogen-bond donors (Lipinski definition) is 0. The molecule has 0 aliphatic heterocycles. The van der Waals surface area contributed by atoms with E-state index in [4.69, 9.17) is 0 Å². The highest BCUT2D eigenvalue weighted by Crippen LogP contribution is 2.32. The van der Waals surface area contributed by atoms with Gasteiger partial charge in [0.25, 0.3) is 0 Å². The van der Waals surface area contributed by atoms with E-state index in [0.29, 0.717) is 13.1 Å². The van der Waals surface area contributed by atoms with E-state index in [1.54, 1.807) is 6.07 Å². The average Bonchev–Trinajstić information content (AvgIpc) is 2.62. The molecule has 3 aromatic carbocycles. The fraction of sp³-hybridized carbons (Fsp3) is 0.100. The molecule has 0 aliphatic rings. The summed E-state index contributed by atoms with van der Waals surface area (Å²) in [4.78, 5) is 12.6. The maximum atomic E-state index is 14.1. The van der Waals surface area contributed by atoms with Crippen molar-refractivity contribution in [2.75, 3.05) is 4.90 Å². The number of benzene rings is 3. The highest BCUT2D eigenvalue weighted by atomic mass is 19.1. The van der Waals surface area contributed by atoms with Crippen LogP contribution >= 0.6 is 0 Å². The van der Waals surface area contributed by atoms with Crippen molar-refractivity contribution in [3.05, 3.63) is 106 Å². The molecule has 0 saturated carbocycles. The van der Waals surface area contributed by atoms with E-state index in [1.165, 1.54) is 6.07 Å². The van der Waals surface area contributed by atoms with Crippen molar-refractivity contribution in [3.63, 3.8) is 0 Å². The molecule has 0 fully saturated rings. The number of hydrogen-bond acceptors (Lipinski definition) is 3. The summed E-state index contributed by atoms with van der Waals surface area (Å²) < 4.78 is 14.1. The molecule has 0 unspecified atom stereocenters. The first-order valence-electron chi connectivity index (χ1n) is 7.91. The fourth-order valence-electron chi connectivity index (χ4n) is 2.77. The molecular weight excluding hydrogens is 319 g/mol. The molecule has 0 saturated heterocycles. The topological polar surface area (TPSA) is 46.4 Å². The molecule has 3 aromatic rings. The molecule has 0 amide bonds. The van der Waals surface area contributed by atoms with Crippen LogP contribution in [-0.2, 0) is 13.1 Å². The Hall–Kier alpha value is -3.21. The number of para-hydroxylation sites is 1. The lowest BCUT2D eigenvalue weighted by Crippen LogP contribution is -2.23. The van der Waals surface area contributed by atoms with Crippen LogP contribution in [0.2, 0.25) is 0 Å². The molecule has 25 heavy (non-hydrogen) atoms. The Morgan fingerprint density at radius 1 is 0.800 bits per heavy atom. The van der Waals surface area contributed by atoms with Crippen LogP contribution in [0.5, 0.6) is 0 Å². The summed E-state index contributed by atoms with van der Waals surface area (Å²) in [6.45, 7) is 0.889.